The summed E-state index contributed by atoms with van der Waals surface area (Å²) in [5.74, 6) is -0.577. The molecule has 9 heteroatoms. The van der Waals surface area contributed by atoms with E-state index in [1.54, 1.807) is 49.5 Å². The molecule has 0 fully saturated rings. The van der Waals surface area contributed by atoms with E-state index in [1.165, 1.54) is 6.21 Å². The number of hydrazone groups is 1. The number of hydrogen-bond acceptors (Lipinski definition) is 5. The number of halogens is 1. The number of sulfonamides is 1. The molecule has 0 saturated carbocycles. The summed E-state index contributed by atoms with van der Waals surface area (Å²) in [5.41, 5.74) is 3.89. The van der Waals surface area contributed by atoms with Gasteiger partial charge in [-0.05, 0) is 42.8 Å². The first-order chi connectivity index (χ1) is 11.8. The number of hydrogen-bond donors (Lipinski definition) is 1. The van der Waals surface area contributed by atoms with E-state index in [1.807, 2.05) is 0 Å². The number of aromatic nitrogens is 1. The van der Waals surface area contributed by atoms with Crippen LogP contribution in [0.5, 0.6) is 0 Å². The van der Waals surface area contributed by atoms with Crippen molar-refractivity contribution in [2.24, 2.45) is 5.10 Å². The minimum absolute atomic E-state index is 0.385. The van der Waals surface area contributed by atoms with Gasteiger partial charge in [-0.1, -0.05) is 17.7 Å². The summed E-state index contributed by atoms with van der Waals surface area (Å²) in [6.07, 6.45) is 4.00. The summed E-state index contributed by atoms with van der Waals surface area (Å²) >= 11 is 5.90. The van der Waals surface area contributed by atoms with E-state index in [9.17, 15) is 13.2 Å². The van der Waals surface area contributed by atoms with Crippen LogP contribution < -0.4 is 9.73 Å². The third-order valence-corrected chi connectivity index (χ3v) is 4.55. The average Bonchev–Trinajstić information content (AvgIpc) is 2.53. The van der Waals surface area contributed by atoms with Gasteiger partial charge in [-0.2, -0.15) is 5.10 Å². The predicted octanol–water partition coefficient (Wildman–Crippen LogP) is 1.96. The maximum atomic E-state index is 12.1. The zero-order valence-corrected chi connectivity index (χ0v) is 15.3. The number of amides is 1. The van der Waals surface area contributed by atoms with Crippen molar-refractivity contribution >= 4 is 39.4 Å². The average molecular weight is 381 g/mol. The molecule has 0 aliphatic heterocycles. The molecule has 0 saturated heterocycles. The summed E-state index contributed by atoms with van der Waals surface area (Å²) in [6.45, 7) is 1.32. The molecule has 0 bridgehead atoms. The van der Waals surface area contributed by atoms with Crippen LogP contribution in [-0.4, -0.2) is 38.3 Å². The predicted molar refractivity (Wildman–Crippen MR) is 98.4 cm³/mol. The quantitative estimate of drug-likeness (QED) is 0.612. The fourth-order valence-electron chi connectivity index (χ4n) is 2.07. The number of pyridine rings is 1. The largest absolute Gasteiger partial charge is 0.271 e. The summed E-state index contributed by atoms with van der Waals surface area (Å²) in [6, 6.07) is 10.0. The van der Waals surface area contributed by atoms with Gasteiger partial charge < -0.3 is 0 Å². The van der Waals surface area contributed by atoms with Gasteiger partial charge in [-0.25, -0.2) is 13.8 Å². The molecule has 1 heterocycles. The molecule has 1 N–H and O–H groups in total. The monoisotopic (exact) mass is 380 g/mol. The van der Waals surface area contributed by atoms with Crippen LogP contribution in [0.1, 0.15) is 11.3 Å². The lowest BCUT2D eigenvalue weighted by Gasteiger charge is -2.23. The Kier molecular flexibility index (Phi) is 6.11. The van der Waals surface area contributed by atoms with E-state index >= 15 is 0 Å². The second kappa shape index (κ2) is 8.09. The maximum Gasteiger partial charge on any atom is 0.260 e. The second-order valence-electron chi connectivity index (χ2n) is 5.25. The molecule has 1 aromatic carbocycles. The zero-order valence-electron chi connectivity index (χ0n) is 13.7. The summed E-state index contributed by atoms with van der Waals surface area (Å²) in [4.78, 5) is 16.1. The van der Waals surface area contributed by atoms with Crippen LogP contribution >= 0.6 is 11.6 Å². The van der Waals surface area contributed by atoms with Crippen molar-refractivity contribution in [2.45, 2.75) is 6.92 Å². The van der Waals surface area contributed by atoms with Gasteiger partial charge in [0.05, 0.1) is 23.9 Å². The van der Waals surface area contributed by atoms with Crippen molar-refractivity contribution in [3.63, 3.8) is 0 Å². The number of aryl methyl sites for hydroxylation is 1. The van der Waals surface area contributed by atoms with Gasteiger partial charge in [0, 0.05) is 11.2 Å². The fraction of sp³-hybridized carbons (Fsp3) is 0.188. The molecule has 0 aliphatic rings. The lowest BCUT2D eigenvalue weighted by molar-refractivity contribution is -0.119. The first kappa shape index (κ1) is 18.9. The van der Waals surface area contributed by atoms with Crippen LogP contribution in [0.3, 0.4) is 0 Å². The third kappa shape index (κ3) is 5.54. The molecule has 0 unspecified atom stereocenters. The first-order valence-electron chi connectivity index (χ1n) is 7.24. The van der Waals surface area contributed by atoms with Crippen molar-refractivity contribution in [2.75, 3.05) is 17.1 Å². The minimum atomic E-state index is -3.66. The Morgan fingerprint density at radius 1 is 1.36 bits per heavy atom. The van der Waals surface area contributed by atoms with Crippen LogP contribution in [0.4, 0.5) is 5.69 Å². The van der Waals surface area contributed by atoms with Crippen molar-refractivity contribution in [1.82, 2.24) is 10.4 Å². The molecule has 25 heavy (non-hydrogen) atoms. The van der Waals surface area contributed by atoms with E-state index in [0.717, 1.165) is 10.6 Å². The van der Waals surface area contributed by atoms with Gasteiger partial charge in [-0.15, -0.1) is 0 Å². The summed E-state index contributed by atoms with van der Waals surface area (Å²) in [5, 5.41) is 4.26. The Hall–Kier alpha value is -2.45. The molecule has 0 atom stereocenters. The summed E-state index contributed by atoms with van der Waals surface area (Å²) < 4.78 is 25.1. The molecule has 132 valence electrons. The highest BCUT2D eigenvalue weighted by Crippen LogP contribution is 2.25. The Bertz CT molecular complexity index is 886. The van der Waals surface area contributed by atoms with Gasteiger partial charge in [0.15, 0.2) is 0 Å². The normalized spacial score (nSPS) is 11.5. The number of anilines is 1. The van der Waals surface area contributed by atoms with Crippen LogP contribution in [0, 0.1) is 6.92 Å². The van der Waals surface area contributed by atoms with Crippen molar-refractivity contribution < 1.29 is 13.2 Å². The van der Waals surface area contributed by atoms with Crippen LogP contribution in [0.25, 0.3) is 0 Å². The first-order valence-corrected chi connectivity index (χ1v) is 9.47. The van der Waals surface area contributed by atoms with Crippen LogP contribution in [0.15, 0.2) is 47.7 Å². The number of nitrogens with one attached hydrogen (secondary N) is 1. The van der Waals surface area contributed by atoms with Gasteiger partial charge in [0.2, 0.25) is 10.0 Å². The number of nitrogens with zero attached hydrogens (tertiary/aromatic N) is 3. The minimum Gasteiger partial charge on any atom is -0.271 e. The molecule has 0 spiro atoms. The lowest BCUT2D eigenvalue weighted by Crippen LogP contribution is -2.39. The molecular weight excluding hydrogens is 364 g/mol. The topological polar surface area (TPSA) is 91.7 Å². The number of carbonyl (C=O) groups is 1. The van der Waals surface area contributed by atoms with Crippen LogP contribution in [-0.2, 0) is 14.8 Å². The Balaban J connectivity index is 2.12. The SMILES string of the molecule is Cc1cc(Cl)ccc1N(CC(=O)N/N=C\c1ccccn1)S(C)(=O)=O. The Labute approximate surface area is 151 Å². The van der Waals surface area contributed by atoms with E-state index in [4.69, 9.17) is 11.6 Å². The van der Waals surface area contributed by atoms with Crippen molar-refractivity contribution in [3.8, 4) is 0 Å². The highest BCUT2D eigenvalue weighted by atomic mass is 35.5. The Morgan fingerprint density at radius 2 is 2.12 bits per heavy atom. The standard InChI is InChI=1S/C16H17ClN4O3S/c1-12-9-13(17)6-7-15(12)21(25(2,23)24)11-16(22)20-19-10-14-5-3-4-8-18-14/h3-10H,11H2,1-2H3,(H,20,22)/b19-10-. The van der Waals surface area contributed by atoms with E-state index in [2.05, 4.69) is 15.5 Å². The zero-order chi connectivity index (χ0) is 18.4. The lowest BCUT2D eigenvalue weighted by atomic mass is 10.2. The van der Waals surface area contributed by atoms with E-state index < -0.39 is 22.5 Å². The molecule has 2 aromatic rings. The fourth-order valence-corrected chi connectivity index (χ4v) is 3.21. The van der Waals surface area contributed by atoms with Gasteiger partial charge in [0.1, 0.15) is 6.54 Å². The van der Waals surface area contributed by atoms with Gasteiger partial charge in [-0.3, -0.25) is 14.1 Å². The maximum absolute atomic E-state index is 12.1. The highest BCUT2D eigenvalue weighted by molar-refractivity contribution is 7.92. The van der Waals surface area contributed by atoms with Crippen molar-refractivity contribution in [1.29, 1.82) is 0 Å². The number of carbonyl (C=O) groups excluding carboxylic acids is 1. The molecule has 1 amide bonds. The van der Waals surface area contributed by atoms with E-state index in [0.29, 0.717) is 22.0 Å². The number of benzene rings is 1. The van der Waals surface area contributed by atoms with Gasteiger partial charge in [0.25, 0.3) is 5.91 Å². The molecule has 7 nitrogen and oxygen atoms in total. The molecular formula is C16H17ClN4O3S. The smallest absolute Gasteiger partial charge is 0.260 e. The number of rotatable bonds is 6. The summed E-state index contributed by atoms with van der Waals surface area (Å²) in [7, 11) is -3.66. The van der Waals surface area contributed by atoms with Gasteiger partial charge >= 0.3 is 0 Å². The third-order valence-electron chi connectivity index (χ3n) is 3.19. The second-order valence-corrected chi connectivity index (χ2v) is 7.59. The highest BCUT2D eigenvalue weighted by Gasteiger charge is 2.22. The Morgan fingerprint density at radius 3 is 2.72 bits per heavy atom. The van der Waals surface area contributed by atoms with Crippen LogP contribution in [0.2, 0.25) is 5.02 Å². The molecule has 0 radical (unpaired) electrons. The molecule has 2 rings (SSSR count). The molecule has 0 aliphatic carbocycles. The van der Waals surface area contributed by atoms with Crippen molar-refractivity contribution in [3.05, 3.63) is 58.9 Å². The molecule has 1 aromatic heterocycles. The van der Waals surface area contributed by atoms with E-state index in [-0.39, 0.29) is 0 Å².